The molecule has 0 fully saturated rings. The van der Waals surface area contributed by atoms with Crippen LogP contribution in [0.25, 0.3) is 0 Å². The molecule has 76 valence electrons. The largest absolute Gasteiger partial charge is 0.370 e. The summed E-state index contributed by atoms with van der Waals surface area (Å²) in [6.07, 6.45) is 0.283. The Morgan fingerprint density at radius 1 is 1.43 bits per heavy atom. The summed E-state index contributed by atoms with van der Waals surface area (Å²) in [6, 6.07) is 9.64. The maximum absolute atomic E-state index is 10.8. The maximum Gasteiger partial charge on any atom is 0.219 e. The first-order chi connectivity index (χ1) is 6.74. The zero-order valence-corrected chi connectivity index (χ0v) is 8.16. The predicted octanol–water partition coefficient (Wildman–Crippen LogP) is 0.327. The fraction of sp³-hybridized carbons (Fsp3) is 0.300. The third-order valence-electron chi connectivity index (χ3n) is 1.93. The second kappa shape index (κ2) is 5.36. The molecule has 0 aromatic heterocycles. The normalized spacial score (nSPS) is 12.4. The van der Waals surface area contributed by atoms with Crippen LogP contribution in [0.2, 0.25) is 0 Å². The van der Waals surface area contributed by atoms with Gasteiger partial charge in [-0.1, -0.05) is 30.3 Å². The van der Waals surface area contributed by atoms with E-state index in [0.717, 1.165) is 5.56 Å². The van der Waals surface area contributed by atoms with Gasteiger partial charge in [0.2, 0.25) is 5.91 Å². The number of rotatable bonds is 5. The summed E-state index contributed by atoms with van der Waals surface area (Å²) in [4.78, 5) is 10.8. The molecule has 4 heteroatoms. The standard InChI is InChI=1S/C10H15N3O/c1-12-13-9(7-10(11)14)8-5-3-2-4-6-8/h2-6,9,12-13H,7H2,1H3,(H2,11,14). The lowest BCUT2D eigenvalue weighted by atomic mass is 10.0. The lowest BCUT2D eigenvalue weighted by Crippen LogP contribution is -2.34. The number of amides is 1. The second-order valence-electron chi connectivity index (χ2n) is 3.03. The zero-order valence-electron chi connectivity index (χ0n) is 8.16. The van der Waals surface area contributed by atoms with Crippen molar-refractivity contribution in [2.75, 3.05) is 7.05 Å². The maximum atomic E-state index is 10.8. The van der Waals surface area contributed by atoms with Gasteiger partial charge in [0, 0.05) is 6.42 Å². The molecule has 4 N–H and O–H groups in total. The number of nitrogens with two attached hydrogens (primary N) is 1. The highest BCUT2D eigenvalue weighted by atomic mass is 16.1. The SMILES string of the molecule is CNNC(CC(N)=O)c1ccccc1. The van der Waals surface area contributed by atoms with E-state index >= 15 is 0 Å². The van der Waals surface area contributed by atoms with Gasteiger partial charge in [-0.3, -0.25) is 15.6 Å². The number of carbonyl (C=O) groups is 1. The zero-order chi connectivity index (χ0) is 10.4. The number of hydrogen-bond acceptors (Lipinski definition) is 3. The van der Waals surface area contributed by atoms with Gasteiger partial charge in [-0.25, -0.2) is 0 Å². The van der Waals surface area contributed by atoms with Crippen LogP contribution in [0.4, 0.5) is 0 Å². The summed E-state index contributed by atoms with van der Waals surface area (Å²) in [7, 11) is 1.76. The van der Waals surface area contributed by atoms with Crippen molar-refractivity contribution < 1.29 is 4.79 Å². The van der Waals surface area contributed by atoms with Crippen molar-refractivity contribution in [3.8, 4) is 0 Å². The van der Waals surface area contributed by atoms with Crippen LogP contribution in [-0.2, 0) is 4.79 Å². The van der Waals surface area contributed by atoms with E-state index in [0.29, 0.717) is 0 Å². The molecule has 0 heterocycles. The molecule has 0 spiro atoms. The number of hydrazine groups is 1. The monoisotopic (exact) mass is 193 g/mol. The molecule has 1 aromatic rings. The van der Waals surface area contributed by atoms with Gasteiger partial charge in [-0.2, -0.15) is 0 Å². The molecule has 4 nitrogen and oxygen atoms in total. The average Bonchev–Trinajstić information content (AvgIpc) is 2.18. The van der Waals surface area contributed by atoms with Crippen LogP contribution in [0.1, 0.15) is 18.0 Å². The van der Waals surface area contributed by atoms with Crippen molar-refractivity contribution in [3.63, 3.8) is 0 Å². The van der Waals surface area contributed by atoms with Gasteiger partial charge >= 0.3 is 0 Å². The Morgan fingerprint density at radius 2 is 2.07 bits per heavy atom. The Labute approximate surface area is 83.5 Å². The molecule has 0 radical (unpaired) electrons. The Hall–Kier alpha value is -1.39. The Balaban J connectivity index is 2.72. The summed E-state index contributed by atoms with van der Waals surface area (Å²) in [5.74, 6) is -0.318. The number of hydrogen-bond donors (Lipinski definition) is 3. The molecule has 1 atom stereocenters. The van der Waals surface area contributed by atoms with E-state index in [9.17, 15) is 4.79 Å². The van der Waals surface area contributed by atoms with Crippen molar-refractivity contribution >= 4 is 5.91 Å². The Bertz CT molecular complexity index is 287. The molecular weight excluding hydrogens is 178 g/mol. The van der Waals surface area contributed by atoms with E-state index < -0.39 is 0 Å². The van der Waals surface area contributed by atoms with E-state index in [2.05, 4.69) is 10.9 Å². The summed E-state index contributed by atoms with van der Waals surface area (Å²) in [6.45, 7) is 0. The average molecular weight is 193 g/mol. The highest BCUT2D eigenvalue weighted by Gasteiger charge is 2.12. The van der Waals surface area contributed by atoms with E-state index in [4.69, 9.17) is 5.73 Å². The van der Waals surface area contributed by atoms with Gasteiger partial charge in [0.05, 0.1) is 6.04 Å². The number of carbonyl (C=O) groups excluding carboxylic acids is 1. The van der Waals surface area contributed by atoms with Gasteiger partial charge in [0.25, 0.3) is 0 Å². The fourth-order valence-corrected chi connectivity index (χ4v) is 1.31. The molecule has 1 amide bonds. The summed E-state index contributed by atoms with van der Waals surface area (Å²) in [5, 5.41) is 0. The summed E-state index contributed by atoms with van der Waals surface area (Å²) in [5.41, 5.74) is 12.0. The van der Waals surface area contributed by atoms with Crippen LogP contribution in [0.3, 0.4) is 0 Å². The quantitative estimate of drug-likeness (QED) is 0.590. The summed E-state index contributed by atoms with van der Waals surface area (Å²) >= 11 is 0. The van der Waals surface area contributed by atoms with E-state index in [1.54, 1.807) is 7.05 Å². The molecule has 0 saturated heterocycles. The van der Waals surface area contributed by atoms with Crippen molar-refractivity contribution in [2.45, 2.75) is 12.5 Å². The van der Waals surface area contributed by atoms with E-state index in [1.165, 1.54) is 0 Å². The molecule has 0 aliphatic carbocycles. The van der Waals surface area contributed by atoms with Gasteiger partial charge in [-0.15, -0.1) is 0 Å². The third kappa shape index (κ3) is 3.16. The van der Waals surface area contributed by atoms with Crippen molar-refractivity contribution in [3.05, 3.63) is 35.9 Å². The molecule has 0 saturated carbocycles. The van der Waals surface area contributed by atoms with Crippen LogP contribution in [-0.4, -0.2) is 13.0 Å². The lowest BCUT2D eigenvalue weighted by Gasteiger charge is -2.16. The third-order valence-corrected chi connectivity index (χ3v) is 1.93. The minimum Gasteiger partial charge on any atom is -0.370 e. The van der Waals surface area contributed by atoms with Crippen LogP contribution < -0.4 is 16.6 Å². The molecule has 1 unspecified atom stereocenters. The Morgan fingerprint density at radius 3 is 2.57 bits per heavy atom. The highest BCUT2D eigenvalue weighted by Crippen LogP contribution is 2.14. The molecular formula is C10H15N3O. The minimum absolute atomic E-state index is 0.0706. The van der Waals surface area contributed by atoms with Crippen molar-refractivity contribution in [2.24, 2.45) is 5.73 Å². The topological polar surface area (TPSA) is 67.2 Å². The van der Waals surface area contributed by atoms with Crippen LogP contribution in [0.5, 0.6) is 0 Å². The Kier molecular flexibility index (Phi) is 4.10. The first-order valence-corrected chi connectivity index (χ1v) is 4.49. The van der Waals surface area contributed by atoms with Crippen LogP contribution >= 0.6 is 0 Å². The van der Waals surface area contributed by atoms with Crippen LogP contribution in [0.15, 0.2) is 30.3 Å². The molecule has 14 heavy (non-hydrogen) atoms. The fourth-order valence-electron chi connectivity index (χ4n) is 1.31. The van der Waals surface area contributed by atoms with Gasteiger partial charge in [0.15, 0.2) is 0 Å². The molecule has 0 bridgehead atoms. The molecule has 1 rings (SSSR count). The molecule has 0 aliphatic rings. The number of primary amides is 1. The first kappa shape index (κ1) is 10.7. The van der Waals surface area contributed by atoms with Gasteiger partial charge in [0.1, 0.15) is 0 Å². The minimum atomic E-state index is -0.318. The molecule has 1 aromatic carbocycles. The van der Waals surface area contributed by atoms with Crippen molar-refractivity contribution in [1.82, 2.24) is 10.9 Å². The smallest absolute Gasteiger partial charge is 0.219 e. The van der Waals surface area contributed by atoms with Gasteiger partial charge in [-0.05, 0) is 12.6 Å². The van der Waals surface area contributed by atoms with Crippen molar-refractivity contribution in [1.29, 1.82) is 0 Å². The number of nitrogens with one attached hydrogen (secondary N) is 2. The summed E-state index contributed by atoms with van der Waals surface area (Å²) < 4.78 is 0. The number of benzene rings is 1. The van der Waals surface area contributed by atoms with Gasteiger partial charge < -0.3 is 5.73 Å². The predicted molar refractivity (Wildman–Crippen MR) is 55.2 cm³/mol. The van der Waals surface area contributed by atoms with Crippen LogP contribution in [0, 0.1) is 0 Å². The van der Waals surface area contributed by atoms with E-state index in [1.807, 2.05) is 30.3 Å². The highest BCUT2D eigenvalue weighted by molar-refractivity contribution is 5.74. The lowest BCUT2D eigenvalue weighted by molar-refractivity contribution is -0.118. The first-order valence-electron chi connectivity index (χ1n) is 4.49. The van der Waals surface area contributed by atoms with E-state index in [-0.39, 0.29) is 18.4 Å². The molecule has 0 aliphatic heterocycles. The second-order valence-corrected chi connectivity index (χ2v) is 3.03.